The van der Waals surface area contributed by atoms with Crippen molar-refractivity contribution in [3.8, 4) is 0 Å². The lowest BCUT2D eigenvalue weighted by Gasteiger charge is -2.13. The van der Waals surface area contributed by atoms with E-state index in [0.717, 1.165) is 12.8 Å². The molecule has 0 aliphatic heterocycles. The van der Waals surface area contributed by atoms with Gasteiger partial charge in [-0.3, -0.25) is 4.79 Å². The number of hydrogen-bond acceptors (Lipinski definition) is 3. The Hall–Kier alpha value is -0.920. The van der Waals surface area contributed by atoms with Crippen LogP contribution >= 0.6 is 15.9 Å². The molecule has 0 atom stereocenters. The molecule has 104 valence electrons. The first-order chi connectivity index (χ1) is 8.62. The van der Waals surface area contributed by atoms with Crippen LogP contribution in [0.3, 0.4) is 0 Å². The lowest BCUT2D eigenvalue weighted by Crippen LogP contribution is -2.34. The van der Waals surface area contributed by atoms with Crippen molar-refractivity contribution in [1.82, 2.24) is 5.32 Å². The number of benzene rings is 1. The van der Waals surface area contributed by atoms with Gasteiger partial charge in [0.1, 0.15) is 0 Å². The second-order valence-electron chi connectivity index (χ2n) is 5.17. The third-order valence-electron chi connectivity index (χ3n) is 3.21. The van der Waals surface area contributed by atoms with Crippen molar-refractivity contribution in [2.45, 2.75) is 37.1 Å². The number of nitrogens with two attached hydrogens (primary N) is 1. The van der Waals surface area contributed by atoms with Gasteiger partial charge in [-0.2, -0.15) is 0 Å². The summed E-state index contributed by atoms with van der Waals surface area (Å²) in [6.45, 7) is 3.67. The molecule has 0 saturated heterocycles. The zero-order valence-electron chi connectivity index (χ0n) is 10.7. The van der Waals surface area contributed by atoms with Crippen LogP contribution in [-0.4, -0.2) is 19.9 Å². The minimum atomic E-state index is -3.87. The van der Waals surface area contributed by atoms with Crippen LogP contribution in [0.1, 0.15) is 35.7 Å². The van der Waals surface area contributed by atoms with Crippen molar-refractivity contribution >= 4 is 31.9 Å². The average molecular weight is 347 g/mol. The maximum absolute atomic E-state index is 12.1. The third kappa shape index (κ3) is 3.16. The highest BCUT2D eigenvalue weighted by Gasteiger charge is 2.39. The summed E-state index contributed by atoms with van der Waals surface area (Å²) in [5.41, 5.74) is 0.801. The quantitative estimate of drug-likeness (QED) is 0.872. The van der Waals surface area contributed by atoms with Gasteiger partial charge in [0.2, 0.25) is 10.0 Å². The second-order valence-corrected chi connectivity index (χ2v) is 7.49. The number of hydrogen-bond donors (Lipinski definition) is 2. The molecule has 7 heteroatoms. The van der Waals surface area contributed by atoms with Crippen molar-refractivity contribution in [3.05, 3.63) is 27.7 Å². The molecule has 1 aliphatic rings. The van der Waals surface area contributed by atoms with Gasteiger partial charge in [-0.25, -0.2) is 13.6 Å². The van der Waals surface area contributed by atoms with E-state index in [2.05, 4.69) is 21.2 Å². The summed E-state index contributed by atoms with van der Waals surface area (Å²) in [5.74, 6) is -0.277. The summed E-state index contributed by atoms with van der Waals surface area (Å²) in [6, 6.07) is 2.94. The lowest BCUT2D eigenvalue weighted by atomic mass is 10.1. The highest BCUT2D eigenvalue weighted by Crippen LogP contribution is 2.35. The van der Waals surface area contributed by atoms with Crippen molar-refractivity contribution in [2.24, 2.45) is 5.14 Å². The first-order valence-electron chi connectivity index (χ1n) is 5.78. The van der Waals surface area contributed by atoms with E-state index in [1.165, 1.54) is 6.07 Å². The van der Waals surface area contributed by atoms with Crippen LogP contribution < -0.4 is 10.5 Å². The molecular weight excluding hydrogens is 332 g/mol. The van der Waals surface area contributed by atoms with E-state index in [1.807, 2.05) is 6.92 Å². The first kappa shape index (κ1) is 14.5. The lowest BCUT2D eigenvalue weighted by molar-refractivity contribution is 0.0935. The third-order valence-corrected chi connectivity index (χ3v) is 5.46. The fourth-order valence-corrected chi connectivity index (χ4v) is 3.34. The number of halogens is 1. The van der Waals surface area contributed by atoms with E-state index < -0.39 is 10.0 Å². The van der Waals surface area contributed by atoms with Gasteiger partial charge in [0.05, 0.1) is 4.90 Å². The summed E-state index contributed by atoms with van der Waals surface area (Å²) in [5, 5.41) is 8.03. The summed E-state index contributed by atoms with van der Waals surface area (Å²) in [7, 11) is -3.87. The fourth-order valence-electron chi connectivity index (χ4n) is 1.73. The van der Waals surface area contributed by atoms with Crippen LogP contribution in [0.5, 0.6) is 0 Å². The topological polar surface area (TPSA) is 89.3 Å². The number of carbonyl (C=O) groups is 1. The van der Waals surface area contributed by atoms with Gasteiger partial charge < -0.3 is 5.32 Å². The molecule has 19 heavy (non-hydrogen) atoms. The number of nitrogens with one attached hydrogen (secondary N) is 1. The van der Waals surface area contributed by atoms with Gasteiger partial charge in [-0.15, -0.1) is 0 Å². The minimum absolute atomic E-state index is 0.0707. The van der Waals surface area contributed by atoms with E-state index in [1.54, 1.807) is 13.0 Å². The second kappa shape index (κ2) is 4.57. The zero-order valence-corrected chi connectivity index (χ0v) is 13.1. The predicted octanol–water partition coefficient (Wildman–Crippen LogP) is 1.69. The summed E-state index contributed by atoms with van der Waals surface area (Å²) >= 11 is 3.18. The largest absolute Gasteiger partial charge is 0.347 e. The molecule has 0 aromatic heterocycles. The van der Waals surface area contributed by atoms with Crippen LogP contribution in [0.25, 0.3) is 0 Å². The number of carbonyl (C=O) groups excluding carboxylic acids is 1. The Bertz CT molecular complexity index is 651. The molecule has 3 N–H and O–H groups in total. The van der Waals surface area contributed by atoms with Crippen molar-refractivity contribution < 1.29 is 13.2 Å². The summed E-state index contributed by atoms with van der Waals surface area (Å²) in [6.07, 6.45) is 1.88. The van der Waals surface area contributed by atoms with E-state index >= 15 is 0 Å². The van der Waals surface area contributed by atoms with Gasteiger partial charge in [0, 0.05) is 15.6 Å². The molecular formula is C12H15BrN2O3S. The van der Waals surface area contributed by atoms with Gasteiger partial charge in [0.15, 0.2) is 0 Å². The Morgan fingerprint density at radius 3 is 2.47 bits per heavy atom. The monoisotopic (exact) mass is 346 g/mol. The van der Waals surface area contributed by atoms with Gasteiger partial charge in [-0.05, 0) is 60.3 Å². The van der Waals surface area contributed by atoms with Gasteiger partial charge in [0.25, 0.3) is 5.91 Å². The standard InChI is InChI=1S/C12H15BrN2O3S/c1-7-5-8(11(16)15-12(2)3-4-12)6-9(10(7)13)19(14,17)18/h5-6H,3-4H2,1-2H3,(H,15,16)(H2,14,17,18). The van der Waals surface area contributed by atoms with E-state index in [9.17, 15) is 13.2 Å². The van der Waals surface area contributed by atoms with Crippen LogP contribution in [0.15, 0.2) is 21.5 Å². The zero-order chi connectivity index (χ0) is 14.4. The minimum Gasteiger partial charge on any atom is -0.347 e. The van der Waals surface area contributed by atoms with E-state index in [4.69, 9.17) is 5.14 Å². The number of aryl methyl sites for hydroxylation is 1. The Morgan fingerprint density at radius 2 is 2.00 bits per heavy atom. The molecule has 1 aromatic rings. The van der Waals surface area contributed by atoms with Gasteiger partial charge in [-0.1, -0.05) is 0 Å². The molecule has 1 saturated carbocycles. The normalized spacial score (nSPS) is 17.1. The molecule has 1 aromatic carbocycles. The van der Waals surface area contributed by atoms with Crippen molar-refractivity contribution in [1.29, 1.82) is 0 Å². The number of amides is 1. The number of primary sulfonamides is 1. The Morgan fingerprint density at radius 1 is 1.42 bits per heavy atom. The smallest absolute Gasteiger partial charge is 0.251 e. The van der Waals surface area contributed by atoms with Crippen LogP contribution in [-0.2, 0) is 10.0 Å². The van der Waals surface area contributed by atoms with Crippen LogP contribution in [0.4, 0.5) is 0 Å². The molecule has 0 bridgehead atoms. The highest BCUT2D eigenvalue weighted by molar-refractivity contribution is 9.10. The average Bonchev–Trinajstić information content (AvgIpc) is 2.98. The fraction of sp³-hybridized carbons (Fsp3) is 0.417. The maximum Gasteiger partial charge on any atom is 0.251 e. The van der Waals surface area contributed by atoms with Crippen LogP contribution in [0, 0.1) is 6.92 Å². The van der Waals surface area contributed by atoms with Crippen molar-refractivity contribution in [2.75, 3.05) is 0 Å². The molecule has 0 spiro atoms. The molecule has 1 fully saturated rings. The number of rotatable bonds is 3. The molecule has 5 nitrogen and oxygen atoms in total. The molecule has 0 unspecified atom stereocenters. The molecule has 1 aliphatic carbocycles. The Kier molecular flexibility index (Phi) is 3.49. The summed E-state index contributed by atoms with van der Waals surface area (Å²) < 4.78 is 23.4. The van der Waals surface area contributed by atoms with E-state index in [-0.39, 0.29) is 16.3 Å². The SMILES string of the molecule is Cc1cc(C(=O)NC2(C)CC2)cc(S(N)(=O)=O)c1Br. The molecule has 2 rings (SSSR count). The highest BCUT2D eigenvalue weighted by atomic mass is 79.9. The molecule has 0 heterocycles. The molecule has 1 amide bonds. The number of sulfonamides is 1. The Labute approximate surface area is 120 Å². The van der Waals surface area contributed by atoms with Crippen LogP contribution in [0.2, 0.25) is 0 Å². The van der Waals surface area contributed by atoms with Gasteiger partial charge >= 0.3 is 0 Å². The summed E-state index contributed by atoms with van der Waals surface area (Å²) in [4.78, 5) is 12.0. The Balaban J connectivity index is 2.42. The molecule has 0 radical (unpaired) electrons. The first-order valence-corrected chi connectivity index (χ1v) is 8.12. The predicted molar refractivity (Wildman–Crippen MR) is 75.4 cm³/mol. The van der Waals surface area contributed by atoms with E-state index in [0.29, 0.717) is 15.6 Å². The maximum atomic E-state index is 12.1. The van der Waals surface area contributed by atoms with Crippen molar-refractivity contribution in [3.63, 3.8) is 0 Å².